The molecule has 0 aliphatic carbocycles. The predicted molar refractivity (Wildman–Crippen MR) is 80.2 cm³/mol. The van der Waals surface area contributed by atoms with Crippen molar-refractivity contribution in [2.75, 3.05) is 0 Å². The normalized spacial score (nSPS) is 10.7. The second-order valence-electron chi connectivity index (χ2n) is 3.64. The van der Waals surface area contributed by atoms with E-state index in [0.717, 1.165) is 15.8 Å². The van der Waals surface area contributed by atoms with E-state index in [2.05, 4.69) is 26.5 Å². The third kappa shape index (κ3) is 3.72. The van der Waals surface area contributed by atoms with Gasteiger partial charge in [-0.2, -0.15) is 5.10 Å². The first kappa shape index (κ1) is 14.4. The van der Waals surface area contributed by atoms with Crippen LogP contribution in [0.5, 0.6) is 0 Å². The van der Waals surface area contributed by atoms with Crippen molar-refractivity contribution in [3.05, 3.63) is 61.4 Å². The molecular weight excluding hydrogens is 346 g/mol. The van der Waals surface area contributed by atoms with Crippen molar-refractivity contribution in [2.45, 2.75) is 0 Å². The lowest BCUT2D eigenvalue weighted by Gasteiger charge is -1.99. The summed E-state index contributed by atoms with van der Waals surface area (Å²) in [6.07, 6.45) is 1.37. The molecule has 0 saturated heterocycles. The van der Waals surface area contributed by atoms with Gasteiger partial charge in [0.1, 0.15) is 0 Å². The highest BCUT2D eigenvalue weighted by atomic mass is 79.9. The van der Waals surface area contributed by atoms with Crippen LogP contribution >= 0.6 is 27.3 Å². The van der Waals surface area contributed by atoms with Gasteiger partial charge in [-0.1, -0.05) is 33.3 Å². The number of amides is 1. The minimum absolute atomic E-state index is 0.0322. The lowest BCUT2D eigenvalue weighted by Crippen LogP contribution is -2.17. The number of thiophene rings is 1. The molecule has 1 N–H and O–H groups in total. The fourth-order valence-electron chi connectivity index (χ4n) is 1.36. The van der Waals surface area contributed by atoms with E-state index in [0.29, 0.717) is 10.4 Å². The van der Waals surface area contributed by atoms with Gasteiger partial charge < -0.3 is 0 Å². The molecule has 1 amide bonds. The van der Waals surface area contributed by atoms with Crippen molar-refractivity contribution >= 4 is 44.4 Å². The highest BCUT2D eigenvalue weighted by molar-refractivity contribution is 9.10. The SMILES string of the molecule is O=C(NN=Cc1ccc([N+](=O)[O-])s1)c1cccc(Br)c1. The van der Waals surface area contributed by atoms with Crippen LogP contribution in [0.4, 0.5) is 5.00 Å². The van der Waals surface area contributed by atoms with Crippen molar-refractivity contribution in [1.29, 1.82) is 0 Å². The van der Waals surface area contributed by atoms with E-state index in [1.807, 2.05) is 6.07 Å². The summed E-state index contributed by atoms with van der Waals surface area (Å²) in [6.45, 7) is 0. The van der Waals surface area contributed by atoms with Crippen LogP contribution in [0.3, 0.4) is 0 Å². The molecule has 0 radical (unpaired) electrons. The van der Waals surface area contributed by atoms with Gasteiger partial charge in [0.05, 0.1) is 16.0 Å². The Bertz CT molecular complexity index is 684. The number of hydrogen-bond donors (Lipinski definition) is 1. The van der Waals surface area contributed by atoms with Crippen molar-refractivity contribution in [3.63, 3.8) is 0 Å². The van der Waals surface area contributed by atoms with Crippen molar-refractivity contribution in [2.24, 2.45) is 5.10 Å². The summed E-state index contributed by atoms with van der Waals surface area (Å²) in [4.78, 5) is 22.4. The number of hydrazone groups is 1. The van der Waals surface area contributed by atoms with Gasteiger partial charge in [0.2, 0.25) is 0 Å². The van der Waals surface area contributed by atoms with Gasteiger partial charge in [-0.15, -0.1) is 0 Å². The van der Waals surface area contributed by atoms with E-state index in [-0.39, 0.29) is 10.9 Å². The summed E-state index contributed by atoms with van der Waals surface area (Å²) in [5, 5.41) is 14.3. The Morgan fingerprint density at radius 2 is 2.20 bits per heavy atom. The Morgan fingerprint density at radius 1 is 1.40 bits per heavy atom. The molecule has 0 fully saturated rings. The molecule has 0 bridgehead atoms. The molecule has 0 spiro atoms. The maximum atomic E-state index is 11.8. The molecule has 102 valence electrons. The van der Waals surface area contributed by atoms with Crippen molar-refractivity contribution in [3.8, 4) is 0 Å². The summed E-state index contributed by atoms with van der Waals surface area (Å²) in [5.41, 5.74) is 2.83. The van der Waals surface area contributed by atoms with Crippen LogP contribution in [0.1, 0.15) is 15.2 Å². The molecule has 0 atom stereocenters. The average Bonchev–Trinajstić information content (AvgIpc) is 2.87. The number of halogens is 1. The number of nitro groups is 1. The fourth-order valence-corrected chi connectivity index (χ4v) is 2.45. The number of nitrogens with one attached hydrogen (secondary N) is 1. The number of carbonyl (C=O) groups excluding carboxylic acids is 1. The van der Waals surface area contributed by atoms with Gasteiger partial charge in [-0.25, -0.2) is 5.43 Å². The fraction of sp³-hybridized carbons (Fsp3) is 0. The summed E-state index contributed by atoms with van der Waals surface area (Å²) in [5.74, 6) is -0.353. The second kappa shape index (κ2) is 6.40. The lowest BCUT2D eigenvalue weighted by molar-refractivity contribution is -0.380. The molecule has 0 saturated carbocycles. The highest BCUT2D eigenvalue weighted by Crippen LogP contribution is 2.22. The molecule has 0 aliphatic rings. The molecule has 6 nitrogen and oxygen atoms in total. The summed E-state index contributed by atoms with van der Waals surface area (Å²) < 4.78 is 0.794. The van der Waals surface area contributed by atoms with Crippen molar-refractivity contribution in [1.82, 2.24) is 5.43 Å². The Kier molecular flexibility index (Phi) is 4.59. The third-order valence-corrected chi connectivity index (χ3v) is 3.70. The zero-order chi connectivity index (χ0) is 14.5. The van der Waals surface area contributed by atoms with Gasteiger partial charge in [-0.05, 0) is 24.3 Å². The number of hydrogen-bond acceptors (Lipinski definition) is 5. The molecule has 0 aliphatic heterocycles. The molecule has 2 rings (SSSR count). The monoisotopic (exact) mass is 353 g/mol. The van der Waals surface area contributed by atoms with E-state index >= 15 is 0 Å². The molecule has 8 heteroatoms. The quantitative estimate of drug-likeness (QED) is 0.520. The number of nitrogens with zero attached hydrogens (tertiary/aromatic N) is 2. The van der Waals surface area contributed by atoms with Crippen LogP contribution < -0.4 is 5.43 Å². The first-order valence-electron chi connectivity index (χ1n) is 5.39. The zero-order valence-electron chi connectivity index (χ0n) is 9.95. The molecule has 20 heavy (non-hydrogen) atoms. The Labute approximate surface area is 126 Å². The average molecular weight is 354 g/mol. The number of rotatable bonds is 4. The van der Waals surface area contributed by atoms with E-state index in [1.165, 1.54) is 12.3 Å². The first-order chi connectivity index (χ1) is 9.56. The van der Waals surface area contributed by atoms with Crippen LogP contribution in [0.15, 0.2) is 46.0 Å². The van der Waals surface area contributed by atoms with E-state index in [4.69, 9.17) is 0 Å². The third-order valence-electron chi connectivity index (χ3n) is 2.24. The Morgan fingerprint density at radius 3 is 2.85 bits per heavy atom. The van der Waals surface area contributed by atoms with Crippen LogP contribution in [0, 0.1) is 10.1 Å². The van der Waals surface area contributed by atoms with Crippen LogP contribution in [-0.4, -0.2) is 17.0 Å². The zero-order valence-corrected chi connectivity index (χ0v) is 12.3. The molecular formula is C12H8BrN3O3S. The van der Waals surface area contributed by atoms with E-state index < -0.39 is 4.92 Å². The number of carbonyl (C=O) groups is 1. The molecule has 1 heterocycles. The first-order valence-corrected chi connectivity index (χ1v) is 7.00. The summed E-state index contributed by atoms with van der Waals surface area (Å²) in [7, 11) is 0. The maximum absolute atomic E-state index is 11.8. The lowest BCUT2D eigenvalue weighted by atomic mass is 10.2. The van der Waals surface area contributed by atoms with Gasteiger partial charge in [0.15, 0.2) is 0 Å². The highest BCUT2D eigenvalue weighted by Gasteiger charge is 2.08. The number of benzene rings is 1. The van der Waals surface area contributed by atoms with Gasteiger partial charge in [0, 0.05) is 16.1 Å². The van der Waals surface area contributed by atoms with Gasteiger partial charge in [-0.3, -0.25) is 14.9 Å². The van der Waals surface area contributed by atoms with Crippen LogP contribution in [0.2, 0.25) is 0 Å². The van der Waals surface area contributed by atoms with Crippen LogP contribution in [0.25, 0.3) is 0 Å². The minimum Gasteiger partial charge on any atom is -0.267 e. The summed E-state index contributed by atoms with van der Waals surface area (Å²) in [6, 6.07) is 9.84. The standard InChI is InChI=1S/C12H8BrN3O3S/c13-9-3-1-2-8(6-9)12(17)15-14-7-10-4-5-11(20-10)16(18)19/h1-7H,(H,15,17). The van der Waals surface area contributed by atoms with Gasteiger partial charge >= 0.3 is 5.00 Å². The molecule has 1 aromatic heterocycles. The maximum Gasteiger partial charge on any atom is 0.324 e. The Hall–Kier alpha value is -2.06. The minimum atomic E-state index is -0.470. The van der Waals surface area contributed by atoms with Crippen molar-refractivity contribution < 1.29 is 9.72 Å². The topological polar surface area (TPSA) is 84.6 Å². The second-order valence-corrected chi connectivity index (χ2v) is 5.65. The smallest absolute Gasteiger partial charge is 0.267 e. The summed E-state index contributed by atoms with van der Waals surface area (Å²) >= 11 is 4.25. The molecule has 0 unspecified atom stereocenters. The largest absolute Gasteiger partial charge is 0.324 e. The predicted octanol–water partition coefficient (Wildman–Crippen LogP) is 3.18. The van der Waals surface area contributed by atoms with E-state index in [1.54, 1.807) is 24.3 Å². The molecule has 2 aromatic rings. The molecule has 1 aromatic carbocycles. The Balaban J connectivity index is 1.99. The van der Waals surface area contributed by atoms with Crippen LogP contribution in [-0.2, 0) is 0 Å². The van der Waals surface area contributed by atoms with E-state index in [9.17, 15) is 14.9 Å². The van der Waals surface area contributed by atoms with Gasteiger partial charge in [0.25, 0.3) is 5.91 Å².